The number of piperidine rings is 1. The van der Waals surface area contributed by atoms with Crippen molar-refractivity contribution in [2.45, 2.75) is 44.6 Å². The fraction of sp³-hybridized carbons (Fsp3) is 0.522. The second-order valence-corrected chi connectivity index (χ2v) is 8.25. The quantitative estimate of drug-likeness (QED) is 0.843. The number of aliphatic hydroxyl groups excluding tert-OH is 1. The number of aromatic nitrogens is 1. The van der Waals surface area contributed by atoms with E-state index >= 15 is 0 Å². The summed E-state index contributed by atoms with van der Waals surface area (Å²) in [5, 5.41) is 10.6. The largest absolute Gasteiger partial charge is 0.387 e. The van der Waals surface area contributed by atoms with Gasteiger partial charge in [-0.1, -0.05) is 43.3 Å². The van der Waals surface area contributed by atoms with E-state index in [4.69, 9.17) is 0 Å². The molecule has 1 aromatic carbocycles. The fourth-order valence-electron chi connectivity index (χ4n) is 4.99. The molecule has 26 heavy (non-hydrogen) atoms. The van der Waals surface area contributed by atoms with Crippen LogP contribution in [0.25, 0.3) is 0 Å². The number of hydrogen-bond acceptors (Lipinski definition) is 3. The Bertz CT molecular complexity index is 717. The topological polar surface area (TPSA) is 36.4 Å². The minimum absolute atomic E-state index is 0.405. The molecular weight excluding hydrogens is 320 g/mol. The van der Waals surface area contributed by atoms with Crippen LogP contribution in [0.3, 0.4) is 0 Å². The maximum atomic E-state index is 10.6. The first-order valence-electron chi connectivity index (χ1n) is 10.1. The van der Waals surface area contributed by atoms with Crippen molar-refractivity contribution < 1.29 is 5.11 Å². The summed E-state index contributed by atoms with van der Waals surface area (Å²) >= 11 is 0. The molecule has 4 atom stereocenters. The molecule has 3 heteroatoms. The average Bonchev–Trinajstić information content (AvgIpc) is 2.82. The van der Waals surface area contributed by atoms with Crippen molar-refractivity contribution in [3.63, 3.8) is 0 Å². The van der Waals surface area contributed by atoms with E-state index in [0.717, 1.165) is 38.0 Å². The normalized spacial score (nSPS) is 29.8. The van der Waals surface area contributed by atoms with E-state index in [1.807, 2.05) is 6.07 Å². The lowest BCUT2D eigenvalue weighted by atomic mass is 9.81. The smallest absolute Gasteiger partial charge is 0.0965 e. The van der Waals surface area contributed by atoms with Crippen molar-refractivity contribution in [2.24, 2.45) is 11.8 Å². The van der Waals surface area contributed by atoms with Crippen LogP contribution in [0.1, 0.15) is 55.0 Å². The van der Waals surface area contributed by atoms with Gasteiger partial charge in [0.15, 0.2) is 0 Å². The SMILES string of the molecule is C[C@@H]1CN(C[C@@H]2CCc3cccnc3[C@@H](O)C2)CC[C@@H]1c1ccccc1. The Labute approximate surface area is 157 Å². The van der Waals surface area contributed by atoms with Gasteiger partial charge in [-0.05, 0) is 67.2 Å². The van der Waals surface area contributed by atoms with Gasteiger partial charge in [-0.25, -0.2) is 0 Å². The van der Waals surface area contributed by atoms with Crippen LogP contribution < -0.4 is 0 Å². The molecule has 0 radical (unpaired) electrons. The Morgan fingerprint density at radius 2 is 1.96 bits per heavy atom. The first-order chi connectivity index (χ1) is 12.7. The maximum absolute atomic E-state index is 10.6. The number of fused-ring (bicyclic) bond motifs is 1. The first-order valence-corrected chi connectivity index (χ1v) is 10.1. The molecule has 2 aromatic rings. The van der Waals surface area contributed by atoms with Gasteiger partial charge in [-0.2, -0.15) is 0 Å². The van der Waals surface area contributed by atoms with Gasteiger partial charge in [0.25, 0.3) is 0 Å². The summed E-state index contributed by atoms with van der Waals surface area (Å²) < 4.78 is 0. The molecule has 1 aromatic heterocycles. The molecule has 0 saturated carbocycles. The Hall–Kier alpha value is -1.71. The summed E-state index contributed by atoms with van der Waals surface area (Å²) in [5.41, 5.74) is 3.64. The zero-order valence-corrected chi connectivity index (χ0v) is 15.7. The lowest BCUT2D eigenvalue weighted by Crippen LogP contribution is -2.41. The number of nitrogens with zero attached hydrogens (tertiary/aromatic N) is 2. The molecule has 0 spiro atoms. The highest BCUT2D eigenvalue weighted by Crippen LogP contribution is 2.35. The number of benzene rings is 1. The Morgan fingerprint density at radius 1 is 1.12 bits per heavy atom. The second kappa shape index (κ2) is 7.89. The van der Waals surface area contributed by atoms with Gasteiger partial charge >= 0.3 is 0 Å². The van der Waals surface area contributed by atoms with E-state index in [9.17, 15) is 5.11 Å². The van der Waals surface area contributed by atoms with Crippen molar-refractivity contribution in [2.75, 3.05) is 19.6 Å². The number of pyridine rings is 1. The molecule has 4 rings (SSSR count). The molecule has 1 fully saturated rings. The minimum atomic E-state index is -0.405. The summed E-state index contributed by atoms with van der Waals surface area (Å²) in [5.74, 6) is 1.92. The van der Waals surface area contributed by atoms with Crippen LogP contribution in [0.4, 0.5) is 0 Å². The van der Waals surface area contributed by atoms with E-state index < -0.39 is 6.10 Å². The highest BCUT2D eigenvalue weighted by molar-refractivity contribution is 5.23. The predicted octanol–water partition coefficient (Wildman–Crippen LogP) is 4.19. The Morgan fingerprint density at radius 3 is 2.77 bits per heavy atom. The molecule has 1 saturated heterocycles. The van der Waals surface area contributed by atoms with E-state index in [0.29, 0.717) is 17.8 Å². The zero-order chi connectivity index (χ0) is 17.9. The third kappa shape index (κ3) is 3.84. The van der Waals surface area contributed by atoms with Crippen LogP contribution in [0.15, 0.2) is 48.7 Å². The van der Waals surface area contributed by atoms with Gasteiger partial charge in [0, 0.05) is 19.3 Å². The minimum Gasteiger partial charge on any atom is -0.387 e. The van der Waals surface area contributed by atoms with Crippen molar-refractivity contribution in [1.29, 1.82) is 0 Å². The molecule has 0 unspecified atom stereocenters. The maximum Gasteiger partial charge on any atom is 0.0965 e. The summed E-state index contributed by atoms with van der Waals surface area (Å²) in [6.07, 6.45) is 5.68. The van der Waals surface area contributed by atoms with Crippen LogP contribution >= 0.6 is 0 Å². The van der Waals surface area contributed by atoms with Gasteiger partial charge in [0.1, 0.15) is 0 Å². The third-order valence-electron chi connectivity index (χ3n) is 6.35. The van der Waals surface area contributed by atoms with Crippen LogP contribution in [0.5, 0.6) is 0 Å². The van der Waals surface area contributed by atoms with Crippen molar-refractivity contribution in [3.05, 3.63) is 65.5 Å². The molecule has 2 heterocycles. The summed E-state index contributed by atoms with van der Waals surface area (Å²) in [7, 11) is 0. The van der Waals surface area contributed by atoms with Gasteiger partial charge in [0.05, 0.1) is 11.8 Å². The molecule has 138 valence electrons. The first kappa shape index (κ1) is 17.7. The third-order valence-corrected chi connectivity index (χ3v) is 6.35. The van der Waals surface area contributed by atoms with Gasteiger partial charge < -0.3 is 10.0 Å². The molecule has 1 N–H and O–H groups in total. The predicted molar refractivity (Wildman–Crippen MR) is 105 cm³/mol. The molecule has 1 aliphatic heterocycles. The van der Waals surface area contributed by atoms with Gasteiger partial charge in [0.2, 0.25) is 0 Å². The molecule has 0 amide bonds. The zero-order valence-electron chi connectivity index (χ0n) is 15.7. The summed E-state index contributed by atoms with van der Waals surface area (Å²) in [6.45, 7) is 5.83. The van der Waals surface area contributed by atoms with Crippen molar-refractivity contribution in [3.8, 4) is 0 Å². The summed E-state index contributed by atoms with van der Waals surface area (Å²) in [6, 6.07) is 15.1. The average molecular weight is 351 g/mol. The van der Waals surface area contributed by atoms with E-state index in [1.54, 1.807) is 6.20 Å². The number of hydrogen-bond donors (Lipinski definition) is 1. The van der Waals surface area contributed by atoms with E-state index in [1.165, 1.54) is 24.1 Å². The van der Waals surface area contributed by atoms with Crippen LogP contribution in [-0.2, 0) is 6.42 Å². The molecule has 0 bridgehead atoms. The highest BCUT2D eigenvalue weighted by Gasteiger charge is 2.30. The number of likely N-dealkylation sites (tertiary alicyclic amines) is 1. The molecule has 1 aliphatic carbocycles. The van der Waals surface area contributed by atoms with Crippen LogP contribution in [0, 0.1) is 11.8 Å². The highest BCUT2D eigenvalue weighted by atomic mass is 16.3. The van der Waals surface area contributed by atoms with Gasteiger partial charge in [-0.3, -0.25) is 4.98 Å². The lowest BCUT2D eigenvalue weighted by molar-refractivity contribution is 0.101. The monoisotopic (exact) mass is 350 g/mol. The Kier molecular flexibility index (Phi) is 5.37. The number of aryl methyl sites for hydroxylation is 1. The van der Waals surface area contributed by atoms with Crippen LogP contribution in [-0.4, -0.2) is 34.6 Å². The summed E-state index contributed by atoms with van der Waals surface area (Å²) in [4.78, 5) is 7.06. The number of aliphatic hydroxyl groups is 1. The fourth-order valence-corrected chi connectivity index (χ4v) is 4.99. The van der Waals surface area contributed by atoms with Gasteiger partial charge in [-0.15, -0.1) is 0 Å². The van der Waals surface area contributed by atoms with Crippen molar-refractivity contribution >= 4 is 0 Å². The molecular formula is C23H30N2O. The standard InChI is InChI=1S/C23H30N2O/c1-17-15-25(13-11-21(17)19-6-3-2-4-7-19)16-18-9-10-20-8-5-12-24-23(20)22(26)14-18/h2-8,12,17-18,21-22,26H,9-11,13-16H2,1H3/t17-,18-,21+,22+/m1/s1. The van der Waals surface area contributed by atoms with E-state index in [2.05, 4.69) is 53.2 Å². The lowest BCUT2D eigenvalue weighted by Gasteiger charge is -2.39. The van der Waals surface area contributed by atoms with Crippen LogP contribution in [0.2, 0.25) is 0 Å². The van der Waals surface area contributed by atoms with E-state index in [-0.39, 0.29) is 0 Å². The molecule has 3 nitrogen and oxygen atoms in total. The Balaban J connectivity index is 1.36. The second-order valence-electron chi connectivity index (χ2n) is 8.25. The van der Waals surface area contributed by atoms with Crippen molar-refractivity contribution in [1.82, 2.24) is 9.88 Å². The number of rotatable bonds is 3. The molecule has 2 aliphatic rings.